The van der Waals surface area contributed by atoms with Gasteiger partial charge in [0, 0.05) is 25.5 Å². The van der Waals surface area contributed by atoms with Crippen LogP contribution >= 0.6 is 0 Å². The average molecular weight is 281 g/mol. The van der Waals surface area contributed by atoms with E-state index in [1.54, 1.807) is 12.4 Å². The summed E-state index contributed by atoms with van der Waals surface area (Å²) < 4.78 is 0. The van der Waals surface area contributed by atoms with Crippen LogP contribution in [0, 0.1) is 0 Å². The molecule has 4 nitrogen and oxygen atoms in total. The summed E-state index contributed by atoms with van der Waals surface area (Å²) in [6, 6.07) is 14.2. The first kappa shape index (κ1) is 13.6. The molecular weight excluding hydrogens is 262 g/mol. The van der Waals surface area contributed by atoms with Gasteiger partial charge in [-0.1, -0.05) is 30.3 Å². The number of pyridine rings is 1. The number of hydrogen-bond donors (Lipinski definition) is 1. The van der Waals surface area contributed by atoms with E-state index in [1.165, 1.54) is 5.56 Å². The van der Waals surface area contributed by atoms with Crippen molar-refractivity contribution < 1.29 is 4.79 Å². The van der Waals surface area contributed by atoms with Crippen molar-refractivity contribution in [1.29, 1.82) is 0 Å². The van der Waals surface area contributed by atoms with Crippen LogP contribution < -0.4 is 5.32 Å². The van der Waals surface area contributed by atoms with Gasteiger partial charge in [-0.05, 0) is 30.5 Å². The van der Waals surface area contributed by atoms with Crippen molar-refractivity contribution in [3.05, 3.63) is 60.4 Å². The van der Waals surface area contributed by atoms with Gasteiger partial charge in [0.25, 0.3) is 0 Å². The zero-order valence-corrected chi connectivity index (χ0v) is 12.1. The van der Waals surface area contributed by atoms with Gasteiger partial charge in [-0.15, -0.1) is 0 Å². The molecule has 1 unspecified atom stereocenters. The Morgan fingerprint density at radius 1 is 1.24 bits per heavy atom. The van der Waals surface area contributed by atoms with Gasteiger partial charge in [-0.25, -0.2) is 0 Å². The molecule has 4 heteroatoms. The highest BCUT2D eigenvalue weighted by molar-refractivity contribution is 5.87. The molecule has 0 radical (unpaired) electrons. The average Bonchev–Trinajstić information content (AvgIpc) is 2.78. The fourth-order valence-electron chi connectivity index (χ4n) is 2.83. The Hall–Kier alpha value is -2.36. The number of carbonyl (C=O) groups excluding carboxylic acids is 1. The maximum atomic E-state index is 12.4. The highest BCUT2D eigenvalue weighted by Crippen LogP contribution is 2.23. The second-order valence-corrected chi connectivity index (χ2v) is 5.47. The number of aromatic nitrogens is 1. The van der Waals surface area contributed by atoms with Gasteiger partial charge >= 0.3 is 0 Å². The fraction of sp³-hybridized carbons (Fsp3) is 0.294. The molecule has 108 valence electrons. The first-order valence-corrected chi connectivity index (χ1v) is 7.21. The first-order valence-electron chi connectivity index (χ1n) is 7.21. The summed E-state index contributed by atoms with van der Waals surface area (Å²) in [5.74, 6) is 0.153. The molecule has 0 aliphatic carbocycles. The largest absolute Gasteiger partial charge is 0.372 e. The second kappa shape index (κ2) is 5.95. The maximum Gasteiger partial charge on any atom is 0.245 e. The van der Waals surface area contributed by atoms with E-state index in [0.717, 1.165) is 18.5 Å². The number of likely N-dealkylation sites (N-methyl/N-ethyl adjacent to an activating group) is 1. The van der Waals surface area contributed by atoms with E-state index in [2.05, 4.69) is 22.4 Å². The Labute approximate surface area is 124 Å². The minimum absolute atomic E-state index is 0.153. The smallest absolute Gasteiger partial charge is 0.245 e. The van der Waals surface area contributed by atoms with Gasteiger partial charge in [-0.2, -0.15) is 0 Å². The highest BCUT2D eigenvalue weighted by atomic mass is 16.2. The van der Waals surface area contributed by atoms with Crippen LogP contribution in [0.4, 0.5) is 5.69 Å². The Balaban J connectivity index is 1.67. The lowest BCUT2D eigenvalue weighted by Crippen LogP contribution is -2.33. The number of rotatable bonds is 4. The van der Waals surface area contributed by atoms with Crippen LogP contribution in [0.15, 0.2) is 54.9 Å². The molecule has 1 aliphatic rings. The molecule has 0 saturated carbocycles. The van der Waals surface area contributed by atoms with E-state index in [1.807, 2.05) is 42.3 Å². The summed E-state index contributed by atoms with van der Waals surface area (Å²) in [4.78, 5) is 18.3. The van der Waals surface area contributed by atoms with Crippen molar-refractivity contribution in [2.45, 2.75) is 24.9 Å². The number of benzene rings is 1. The van der Waals surface area contributed by atoms with Crippen LogP contribution in [-0.4, -0.2) is 34.9 Å². The third kappa shape index (κ3) is 3.05. The number of nitrogens with zero attached hydrogens (tertiary/aromatic N) is 2. The quantitative estimate of drug-likeness (QED) is 0.935. The molecule has 21 heavy (non-hydrogen) atoms. The molecule has 0 spiro atoms. The van der Waals surface area contributed by atoms with Gasteiger partial charge in [-0.3, -0.25) is 9.78 Å². The molecule has 3 rings (SSSR count). The Kier molecular flexibility index (Phi) is 3.86. The zero-order valence-electron chi connectivity index (χ0n) is 12.1. The van der Waals surface area contributed by atoms with E-state index in [0.29, 0.717) is 0 Å². The SMILES string of the molecule is CN1C(=O)C(Nc2cccnc2)C[C@@H]1Cc1ccccc1. The van der Waals surface area contributed by atoms with Crippen molar-refractivity contribution in [1.82, 2.24) is 9.88 Å². The Bertz CT molecular complexity index is 600. The van der Waals surface area contributed by atoms with Crippen LogP contribution in [0.3, 0.4) is 0 Å². The van der Waals surface area contributed by atoms with E-state index in [4.69, 9.17) is 0 Å². The van der Waals surface area contributed by atoms with E-state index in [-0.39, 0.29) is 18.0 Å². The molecule has 1 aliphatic heterocycles. The van der Waals surface area contributed by atoms with Gasteiger partial charge in [0.05, 0.1) is 5.69 Å². The molecular formula is C17H19N3O. The summed E-state index contributed by atoms with van der Waals surface area (Å²) in [5.41, 5.74) is 2.16. The van der Waals surface area contributed by atoms with Crippen LogP contribution in [0.2, 0.25) is 0 Å². The fourth-order valence-corrected chi connectivity index (χ4v) is 2.83. The second-order valence-electron chi connectivity index (χ2n) is 5.47. The third-order valence-electron chi connectivity index (χ3n) is 4.02. The van der Waals surface area contributed by atoms with E-state index in [9.17, 15) is 4.79 Å². The molecule has 2 atom stereocenters. The molecule has 1 aromatic heterocycles. The minimum atomic E-state index is -0.159. The predicted molar refractivity (Wildman–Crippen MR) is 83.0 cm³/mol. The maximum absolute atomic E-state index is 12.4. The summed E-state index contributed by atoms with van der Waals surface area (Å²) in [7, 11) is 1.89. The number of likely N-dealkylation sites (tertiary alicyclic amines) is 1. The minimum Gasteiger partial charge on any atom is -0.372 e. The number of anilines is 1. The summed E-state index contributed by atoms with van der Waals surface area (Å²) in [5, 5.41) is 3.28. The monoisotopic (exact) mass is 281 g/mol. The van der Waals surface area contributed by atoms with Crippen molar-refractivity contribution in [3.8, 4) is 0 Å². The summed E-state index contributed by atoms with van der Waals surface area (Å²) >= 11 is 0. The van der Waals surface area contributed by atoms with E-state index < -0.39 is 0 Å². The highest BCUT2D eigenvalue weighted by Gasteiger charge is 2.36. The van der Waals surface area contributed by atoms with Crippen LogP contribution in [0.5, 0.6) is 0 Å². The zero-order chi connectivity index (χ0) is 14.7. The molecule has 1 N–H and O–H groups in total. The van der Waals surface area contributed by atoms with Gasteiger partial charge in [0.15, 0.2) is 0 Å². The van der Waals surface area contributed by atoms with Crippen LogP contribution in [-0.2, 0) is 11.2 Å². The number of carbonyl (C=O) groups is 1. The van der Waals surface area contributed by atoms with Gasteiger partial charge in [0.2, 0.25) is 5.91 Å². The Morgan fingerprint density at radius 3 is 2.76 bits per heavy atom. The van der Waals surface area contributed by atoms with Gasteiger partial charge < -0.3 is 10.2 Å². The van der Waals surface area contributed by atoms with Crippen LogP contribution in [0.1, 0.15) is 12.0 Å². The van der Waals surface area contributed by atoms with Gasteiger partial charge in [0.1, 0.15) is 6.04 Å². The number of hydrogen-bond acceptors (Lipinski definition) is 3. The van der Waals surface area contributed by atoms with Crippen molar-refractivity contribution in [3.63, 3.8) is 0 Å². The Morgan fingerprint density at radius 2 is 2.05 bits per heavy atom. The lowest BCUT2D eigenvalue weighted by molar-refractivity contribution is -0.128. The molecule has 1 aromatic carbocycles. The normalized spacial score (nSPS) is 21.6. The van der Waals surface area contributed by atoms with Crippen molar-refractivity contribution in [2.75, 3.05) is 12.4 Å². The van der Waals surface area contributed by atoms with Crippen LogP contribution in [0.25, 0.3) is 0 Å². The molecule has 1 fully saturated rings. The lowest BCUT2D eigenvalue weighted by atomic mass is 10.0. The molecule has 1 amide bonds. The van der Waals surface area contributed by atoms with Crippen molar-refractivity contribution in [2.24, 2.45) is 0 Å². The lowest BCUT2D eigenvalue weighted by Gasteiger charge is -2.19. The van der Waals surface area contributed by atoms with E-state index >= 15 is 0 Å². The third-order valence-corrected chi connectivity index (χ3v) is 4.02. The molecule has 2 aromatic rings. The molecule has 0 bridgehead atoms. The number of amides is 1. The summed E-state index contributed by atoms with van der Waals surface area (Å²) in [6.45, 7) is 0. The predicted octanol–water partition coefficient (Wildman–Crippen LogP) is 2.34. The summed E-state index contributed by atoms with van der Waals surface area (Å²) in [6.07, 6.45) is 5.19. The first-order chi connectivity index (χ1) is 10.2. The topological polar surface area (TPSA) is 45.2 Å². The number of nitrogens with one attached hydrogen (secondary N) is 1. The van der Waals surface area contributed by atoms with Crippen molar-refractivity contribution >= 4 is 11.6 Å². The molecule has 2 heterocycles. The molecule has 1 saturated heterocycles. The standard InChI is InChI=1S/C17H19N3O/c1-20-15(10-13-6-3-2-4-7-13)11-16(17(20)21)19-14-8-5-9-18-12-14/h2-9,12,15-16,19H,10-11H2,1H3/t15-,16?/m0/s1.